The van der Waals surface area contributed by atoms with Gasteiger partial charge in [0.1, 0.15) is 5.82 Å². The summed E-state index contributed by atoms with van der Waals surface area (Å²) in [5, 5.41) is 7.91. The van der Waals surface area contributed by atoms with Gasteiger partial charge in [-0.2, -0.15) is 4.31 Å². The fraction of sp³-hybridized carbons (Fsp3) is 0.500. The average Bonchev–Trinajstić information content (AvgIpc) is 3.14. The average molecular weight is 350 g/mol. The molecule has 2 atom stereocenters. The number of sulfonamides is 1. The zero-order valence-electron chi connectivity index (χ0n) is 13.3. The van der Waals surface area contributed by atoms with Crippen LogP contribution in [0.1, 0.15) is 37.3 Å². The van der Waals surface area contributed by atoms with Crippen LogP contribution in [0.2, 0.25) is 0 Å². The number of hydrogen-bond donors (Lipinski definition) is 0. The van der Waals surface area contributed by atoms with Gasteiger partial charge in [0.2, 0.25) is 10.0 Å². The highest BCUT2D eigenvalue weighted by molar-refractivity contribution is 7.89. The maximum absolute atomic E-state index is 13.3. The van der Waals surface area contributed by atoms with Crippen molar-refractivity contribution >= 4 is 10.0 Å². The molecule has 2 unspecified atom stereocenters. The Morgan fingerprint density at radius 2 is 1.88 bits per heavy atom. The van der Waals surface area contributed by atoms with Crippen molar-refractivity contribution in [2.75, 3.05) is 0 Å². The Bertz CT molecular complexity index is 839. The summed E-state index contributed by atoms with van der Waals surface area (Å²) in [5.74, 6) is -0.417. The molecule has 3 heterocycles. The number of aromatic nitrogens is 3. The first-order valence-corrected chi connectivity index (χ1v) is 9.56. The summed E-state index contributed by atoms with van der Waals surface area (Å²) in [7, 11) is -3.62. The number of hydrogen-bond acceptors (Lipinski definition) is 4. The zero-order valence-corrected chi connectivity index (χ0v) is 14.2. The van der Waals surface area contributed by atoms with Crippen molar-refractivity contribution in [3.05, 3.63) is 42.0 Å². The van der Waals surface area contributed by atoms with Crippen molar-refractivity contribution < 1.29 is 12.8 Å². The van der Waals surface area contributed by atoms with Crippen molar-refractivity contribution in [1.82, 2.24) is 19.3 Å². The second-order valence-corrected chi connectivity index (χ2v) is 8.45. The highest BCUT2D eigenvalue weighted by Crippen LogP contribution is 2.43. The summed E-state index contributed by atoms with van der Waals surface area (Å²) in [6.07, 6.45) is 6.66. The van der Waals surface area contributed by atoms with Gasteiger partial charge in [0.25, 0.3) is 0 Å². The lowest BCUT2D eigenvalue weighted by atomic mass is 10.00. The van der Waals surface area contributed by atoms with Gasteiger partial charge in [-0.15, -0.1) is 5.10 Å². The molecule has 1 aromatic heterocycles. The molecule has 2 bridgehead atoms. The molecule has 0 radical (unpaired) electrons. The minimum atomic E-state index is -3.62. The second kappa shape index (κ2) is 5.63. The first-order chi connectivity index (χ1) is 11.5. The van der Waals surface area contributed by atoms with E-state index in [1.165, 1.54) is 18.2 Å². The standard InChI is InChI=1S/C16H19FN4O2S/c1-11-8-12(17)2-5-16(11)24(22,23)21-13-3-4-14(21)10-15(9-13)20-7-6-18-19-20/h2,5-8,13-15H,3-4,9-10H2,1H3. The van der Waals surface area contributed by atoms with Crippen LogP contribution in [0.25, 0.3) is 0 Å². The third-order valence-corrected chi connectivity index (χ3v) is 7.31. The van der Waals surface area contributed by atoms with E-state index >= 15 is 0 Å². The number of nitrogens with zero attached hydrogens (tertiary/aromatic N) is 4. The van der Waals surface area contributed by atoms with Gasteiger partial charge in [-0.25, -0.2) is 17.5 Å². The van der Waals surface area contributed by atoms with Gasteiger partial charge >= 0.3 is 0 Å². The van der Waals surface area contributed by atoms with Crippen LogP contribution in [-0.2, 0) is 10.0 Å². The van der Waals surface area contributed by atoms with E-state index in [2.05, 4.69) is 10.3 Å². The molecular weight excluding hydrogens is 331 g/mol. The molecular formula is C16H19FN4O2S. The van der Waals surface area contributed by atoms with Gasteiger partial charge in [0, 0.05) is 18.3 Å². The molecule has 6 nitrogen and oxygen atoms in total. The van der Waals surface area contributed by atoms with Gasteiger partial charge in [0.05, 0.1) is 17.1 Å². The van der Waals surface area contributed by atoms with Gasteiger partial charge in [-0.3, -0.25) is 0 Å². The van der Waals surface area contributed by atoms with Crippen molar-refractivity contribution in [3.8, 4) is 0 Å². The summed E-state index contributed by atoms with van der Waals surface area (Å²) in [6, 6.07) is 3.98. The molecule has 8 heteroatoms. The highest BCUT2D eigenvalue weighted by Gasteiger charge is 2.48. The van der Waals surface area contributed by atoms with Crippen LogP contribution >= 0.6 is 0 Å². The first kappa shape index (κ1) is 15.7. The lowest BCUT2D eigenvalue weighted by Crippen LogP contribution is -2.47. The maximum atomic E-state index is 13.3. The van der Waals surface area contributed by atoms with Crippen molar-refractivity contribution in [2.45, 2.75) is 55.6 Å². The Labute approximate surface area is 140 Å². The van der Waals surface area contributed by atoms with E-state index < -0.39 is 15.8 Å². The van der Waals surface area contributed by atoms with Gasteiger partial charge in [-0.05, 0) is 56.4 Å². The van der Waals surface area contributed by atoms with Crippen LogP contribution in [0, 0.1) is 12.7 Å². The third kappa shape index (κ3) is 2.44. The molecule has 0 amide bonds. The molecule has 0 saturated carbocycles. The fourth-order valence-electron chi connectivity index (χ4n) is 4.14. The van der Waals surface area contributed by atoms with Crippen LogP contribution in [0.15, 0.2) is 35.5 Å². The molecule has 24 heavy (non-hydrogen) atoms. The summed E-state index contributed by atoms with van der Waals surface area (Å²) in [5.41, 5.74) is 0.452. The van der Waals surface area contributed by atoms with Crippen LogP contribution in [0.3, 0.4) is 0 Å². The van der Waals surface area contributed by atoms with E-state index in [4.69, 9.17) is 0 Å². The quantitative estimate of drug-likeness (QED) is 0.852. The lowest BCUT2D eigenvalue weighted by Gasteiger charge is -2.38. The van der Waals surface area contributed by atoms with E-state index in [0.717, 1.165) is 25.7 Å². The molecule has 2 saturated heterocycles. The van der Waals surface area contributed by atoms with Crippen molar-refractivity contribution in [3.63, 3.8) is 0 Å². The lowest BCUT2D eigenvalue weighted by molar-refractivity contribution is 0.183. The molecule has 2 aliphatic rings. The Morgan fingerprint density at radius 1 is 1.17 bits per heavy atom. The number of rotatable bonds is 3. The summed E-state index contributed by atoms with van der Waals surface area (Å²) in [6.45, 7) is 1.64. The monoisotopic (exact) mass is 350 g/mol. The molecule has 1 aromatic carbocycles. The van der Waals surface area contributed by atoms with Crippen LogP contribution in [-0.4, -0.2) is 39.8 Å². The molecule has 128 valence electrons. The van der Waals surface area contributed by atoms with E-state index in [1.54, 1.807) is 17.4 Å². The van der Waals surface area contributed by atoms with E-state index in [1.807, 2.05) is 10.9 Å². The van der Waals surface area contributed by atoms with Gasteiger partial charge in [0.15, 0.2) is 0 Å². The fourth-order valence-corrected chi connectivity index (χ4v) is 6.24. The van der Waals surface area contributed by atoms with Crippen LogP contribution in [0.5, 0.6) is 0 Å². The van der Waals surface area contributed by atoms with E-state index in [-0.39, 0.29) is 23.0 Å². The summed E-state index contributed by atoms with van der Waals surface area (Å²) >= 11 is 0. The molecule has 0 spiro atoms. The second-order valence-electron chi connectivity index (χ2n) is 6.64. The molecule has 0 aliphatic carbocycles. The molecule has 2 fully saturated rings. The van der Waals surface area contributed by atoms with Crippen LogP contribution in [0.4, 0.5) is 4.39 Å². The Hall–Kier alpha value is -1.80. The predicted octanol–water partition coefficient (Wildman–Crippen LogP) is 2.28. The Morgan fingerprint density at radius 3 is 2.46 bits per heavy atom. The van der Waals surface area contributed by atoms with Crippen molar-refractivity contribution in [1.29, 1.82) is 0 Å². The molecule has 2 aliphatic heterocycles. The van der Waals surface area contributed by atoms with Gasteiger partial charge in [-0.1, -0.05) is 5.21 Å². The molecule has 0 N–H and O–H groups in total. The Balaban J connectivity index is 1.65. The van der Waals surface area contributed by atoms with E-state index in [0.29, 0.717) is 5.56 Å². The number of halogens is 1. The van der Waals surface area contributed by atoms with Gasteiger partial charge < -0.3 is 0 Å². The predicted molar refractivity (Wildman–Crippen MR) is 85.3 cm³/mol. The minimum Gasteiger partial charge on any atom is -0.249 e. The van der Waals surface area contributed by atoms with E-state index in [9.17, 15) is 12.8 Å². The minimum absolute atomic E-state index is 0.0348. The number of aryl methyl sites for hydroxylation is 1. The Kier molecular flexibility index (Phi) is 3.69. The number of benzene rings is 1. The largest absolute Gasteiger partial charge is 0.249 e. The highest BCUT2D eigenvalue weighted by atomic mass is 32.2. The topological polar surface area (TPSA) is 68.1 Å². The molecule has 4 rings (SSSR count). The summed E-state index contributed by atoms with van der Waals surface area (Å²) in [4.78, 5) is 0.208. The smallest absolute Gasteiger partial charge is 0.243 e. The number of piperidine rings is 1. The van der Waals surface area contributed by atoms with Crippen LogP contribution < -0.4 is 0 Å². The zero-order chi connectivity index (χ0) is 16.9. The summed E-state index contributed by atoms with van der Waals surface area (Å²) < 4.78 is 43.1. The molecule has 2 aromatic rings. The number of fused-ring (bicyclic) bond motifs is 2. The first-order valence-electron chi connectivity index (χ1n) is 8.12. The SMILES string of the molecule is Cc1cc(F)ccc1S(=O)(=O)N1C2CCC1CC(n1ccnn1)C2. The normalized spacial score (nSPS) is 27.5. The van der Waals surface area contributed by atoms with Crippen molar-refractivity contribution in [2.24, 2.45) is 0 Å². The maximum Gasteiger partial charge on any atom is 0.243 e. The third-order valence-electron chi connectivity index (χ3n) is 5.15.